The molecule has 1 aliphatic carbocycles. The fraction of sp³-hybridized carbons (Fsp3) is 0.550. The Hall–Kier alpha value is -1.17. The van der Waals surface area contributed by atoms with Gasteiger partial charge >= 0.3 is 160 Å². The van der Waals surface area contributed by atoms with Crippen molar-refractivity contribution in [2.45, 2.75) is 62.4 Å². The van der Waals surface area contributed by atoms with E-state index in [0.717, 1.165) is 12.0 Å². The molecule has 2 aliphatic heterocycles. The molecule has 0 radical (unpaired) electrons. The molecule has 0 N–H and O–H groups in total. The zero-order valence-corrected chi connectivity index (χ0v) is 17.2. The predicted molar refractivity (Wildman–Crippen MR) is 96.9 cm³/mol. The zero-order valence-electron chi connectivity index (χ0n) is 15.5. The van der Waals surface area contributed by atoms with Crippen molar-refractivity contribution in [3.05, 3.63) is 42.5 Å². The van der Waals surface area contributed by atoms with Crippen LogP contribution < -0.4 is 4.46 Å². The average Bonchev–Trinajstić information content (AvgIpc) is 2.76. The maximum absolute atomic E-state index is 11.9. The van der Waals surface area contributed by atoms with Gasteiger partial charge in [-0.1, -0.05) is 0 Å². The molecule has 140 valence electrons. The van der Waals surface area contributed by atoms with Gasteiger partial charge in [0.15, 0.2) is 0 Å². The fourth-order valence-corrected chi connectivity index (χ4v) is 7.46. The molecule has 6 atom stereocenters. The molecule has 1 aromatic carbocycles. The zero-order chi connectivity index (χ0) is 18.7. The van der Waals surface area contributed by atoms with Gasteiger partial charge in [0.1, 0.15) is 0 Å². The molecule has 0 spiro atoms. The molecule has 1 saturated carbocycles. The molecule has 3 aliphatic rings. The van der Waals surface area contributed by atoms with E-state index >= 15 is 0 Å². The van der Waals surface area contributed by atoms with E-state index in [1.807, 2.05) is 32.0 Å². The quantitative estimate of drug-likeness (QED) is 0.422. The van der Waals surface area contributed by atoms with Crippen LogP contribution in [0.5, 0.6) is 0 Å². The van der Waals surface area contributed by atoms with Crippen molar-refractivity contribution in [1.82, 2.24) is 0 Å². The summed E-state index contributed by atoms with van der Waals surface area (Å²) in [5, 5.41) is 0. The van der Waals surface area contributed by atoms with Gasteiger partial charge in [0.2, 0.25) is 0 Å². The molecular weight excluding hydrogens is 399 g/mol. The first-order valence-corrected chi connectivity index (χ1v) is 10.6. The second kappa shape index (κ2) is 5.91. The first-order valence-electron chi connectivity index (χ1n) is 8.86. The number of carbonyl (C=O) groups is 1. The molecule has 0 aromatic heterocycles. The molecule has 1 aromatic rings. The van der Waals surface area contributed by atoms with Gasteiger partial charge in [-0.2, -0.15) is 0 Å². The third-order valence-electron chi connectivity index (χ3n) is 5.52. The predicted octanol–water partition coefficient (Wildman–Crippen LogP) is 2.12. The number of rotatable bonds is 4. The van der Waals surface area contributed by atoms with Crippen molar-refractivity contribution >= 4 is 25.4 Å². The van der Waals surface area contributed by atoms with Gasteiger partial charge in [-0.15, -0.1) is 0 Å². The summed E-state index contributed by atoms with van der Waals surface area (Å²) in [5.41, 5.74) is 0.183. The molecule has 4 rings (SSSR count). The minimum atomic E-state index is -1.15. The number of benzene rings is 1. The topological polar surface area (TPSA) is 54.0 Å². The molecule has 3 fully saturated rings. The van der Waals surface area contributed by atoms with Crippen LogP contribution in [-0.4, -0.2) is 49.2 Å². The van der Waals surface area contributed by atoms with Crippen LogP contribution in [0.25, 0.3) is 0 Å². The number of fused-ring (bicyclic) bond motifs is 2. The summed E-state index contributed by atoms with van der Waals surface area (Å²) in [4.78, 5) is 11.9. The Bertz CT molecular complexity index is 752. The van der Waals surface area contributed by atoms with Crippen molar-refractivity contribution in [2.75, 3.05) is 0 Å². The molecule has 6 heteroatoms. The van der Waals surface area contributed by atoms with Crippen molar-refractivity contribution < 1.29 is 23.7 Å². The number of esters is 1. The second-order valence-corrected chi connectivity index (χ2v) is 10.3. The first kappa shape index (κ1) is 18.2. The van der Waals surface area contributed by atoms with Crippen molar-refractivity contribution in [2.24, 2.45) is 5.92 Å². The molecular formula is C20H24O5Se. The van der Waals surface area contributed by atoms with E-state index in [1.54, 1.807) is 0 Å². The van der Waals surface area contributed by atoms with E-state index in [0.29, 0.717) is 0 Å². The SMILES string of the molecule is C=C(C)[C@]12C[C@@H](C)[C@@]3([Se]c4ccccc4)OC(C)(O[C@@H]1C3OC(C)=O)O2. The second-order valence-electron chi connectivity index (χ2n) is 7.55. The van der Waals surface area contributed by atoms with Crippen LogP contribution >= 0.6 is 0 Å². The molecule has 3 bridgehead atoms. The Labute approximate surface area is 160 Å². The van der Waals surface area contributed by atoms with Crippen molar-refractivity contribution in [3.8, 4) is 0 Å². The van der Waals surface area contributed by atoms with Gasteiger partial charge in [0.05, 0.1) is 0 Å². The number of hydrogen-bond acceptors (Lipinski definition) is 5. The molecule has 2 unspecified atom stereocenters. The van der Waals surface area contributed by atoms with Crippen LogP contribution in [0.15, 0.2) is 42.5 Å². The minimum absolute atomic E-state index is 0.0913. The maximum atomic E-state index is 11.9. The van der Waals surface area contributed by atoms with Gasteiger partial charge in [0, 0.05) is 0 Å². The molecule has 0 amide bonds. The van der Waals surface area contributed by atoms with Gasteiger partial charge in [-0.3, -0.25) is 0 Å². The third kappa shape index (κ3) is 2.51. The average molecular weight is 423 g/mol. The standard InChI is InChI=1S/C20H24O5Se/c1-12(2)19-11-13(3)20(26-15-9-7-6-8-10-15)17(22-14(4)21)16(19)23-18(5,24-19)25-20/h6-10,13,16-17H,1,11H2,2-5H3/t13-,16-,17?,18?,19-,20+/m1/s1. The van der Waals surface area contributed by atoms with Crippen LogP contribution in [0, 0.1) is 5.92 Å². The summed E-state index contributed by atoms with van der Waals surface area (Å²) in [7, 11) is 0. The van der Waals surface area contributed by atoms with Crippen LogP contribution in [-0.2, 0) is 23.7 Å². The number of hydrogen-bond donors (Lipinski definition) is 0. The summed E-state index contributed by atoms with van der Waals surface area (Å²) < 4.78 is 25.4. The van der Waals surface area contributed by atoms with Gasteiger partial charge in [0.25, 0.3) is 0 Å². The fourth-order valence-electron chi connectivity index (χ4n) is 4.46. The van der Waals surface area contributed by atoms with E-state index in [4.69, 9.17) is 18.9 Å². The van der Waals surface area contributed by atoms with Gasteiger partial charge < -0.3 is 0 Å². The Kier molecular flexibility index (Phi) is 4.14. The Morgan fingerprint density at radius 1 is 1.27 bits per heavy atom. The molecule has 5 nitrogen and oxygen atoms in total. The monoisotopic (exact) mass is 424 g/mol. The van der Waals surface area contributed by atoms with Crippen molar-refractivity contribution in [1.29, 1.82) is 0 Å². The number of carbonyl (C=O) groups excluding carboxylic acids is 1. The summed E-state index contributed by atoms with van der Waals surface area (Å²) >= 11 is -0.0913. The molecule has 2 heterocycles. The Morgan fingerprint density at radius 2 is 1.96 bits per heavy atom. The first-order chi connectivity index (χ1) is 12.2. The summed E-state index contributed by atoms with van der Waals surface area (Å²) in [6, 6.07) is 10.2. The van der Waals surface area contributed by atoms with Crippen LogP contribution in [0.2, 0.25) is 0 Å². The Balaban J connectivity index is 1.83. The van der Waals surface area contributed by atoms with E-state index in [2.05, 4.69) is 25.6 Å². The van der Waals surface area contributed by atoms with Crippen LogP contribution in [0.3, 0.4) is 0 Å². The van der Waals surface area contributed by atoms with Gasteiger partial charge in [-0.25, -0.2) is 0 Å². The third-order valence-corrected chi connectivity index (χ3v) is 8.76. The van der Waals surface area contributed by atoms with Gasteiger partial charge in [-0.05, 0) is 0 Å². The van der Waals surface area contributed by atoms with E-state index in [-0.39, 0.29) is 26.8 Å². The van der Waals surface area contributed by atoms with Crippen molar-refractivity contribution in [3.63, 3.8) is 0 Å². The molecule has 2 saturated heterocycles. The number of ether oxygens (including phenoxy) is 4. The van der Waals surface area contributed by atoms with E-state index < -0.39 is 28.3 Å². The Morgan fingerprint density at radius 3 is 2.58 bits per heavy atom. The van der Waals surface area contributed by atoms with E-state index in [1.165, 1.54) is 11.4 Å². The van der Waals surface area contributed by atoms with E-state index in [9.17, 15) is 4.79 Å². The normalized spacial score (nSPS) is 43.3. The van der Waals surface area contributed by atoms with Crippen LogP contribution in [0.4, 0.5) is 0 Å². The summed E-state index contributed by atoms with van der Waals surface area (Å²) in [5.74, 6) is -1.37. The summed E-state index contributed by atoms with van der Waals surface area (Å²) in [6.07, 6.45) is -0.213. The van der Waals surface area contributed by atoms with Crippen LogP contribution in [0.1, 0.15) is 34.1 Å². The summed E-state index contributed by atoms with van der Waals surface area (Å²) in [6.45, 7) is 11.5. The molecule has 26 heavy (non-hydrogen) atoms.